The van der Waals surface area contributed by atoms with Gasteiger partial charge >= 0.3 is 6.09 Å². The Bertz CT molecular complexity index is 578. The van der Waals surface area contributed by atoms with E-state index in [0.29, 0.717) is 23.2 Å². The fraction of sp³-hybridized carbons (Fsp3) is 0.0714. The van der Waals surface area contributed by atoms with Crippen LogP contribution in [0.1, 0.15) is 0 Å². The van der Waals surface area contributed by atoms with Crippen molar-refractivity contribution in [2.45, 2.75) is 10.7 Å². The average Bonchev–Trinajstić information content (AvgIpc) is 2.41. The maximum atomic E-state index is 12.4. The topological polar surface area (TPSA) is 38.3 Å². The molecule has 0 fully saturated rings. The van der Waals surface area contributed by atoms with Crippen LogP contribution in [0.3, 0.4) is 0 Å². The molecule has 0 spiro atoms. The van der Waals surface area contributed by atoms with Gasteiger partial charge in [-0.15, -0.1) is 0 Å². The molecule has 3 nitrogen and oxygen atoms in total. The van der Waals surface area contributed by atoms with Gasteiger partial charge in [-0.25, -0.2) is 4.79 Å². The molecular weight excluding hydrogens is 284 g/mol. The van der Waals surface area contributed by atoms with Crippen LogP contribution in [-0.4, -0.2) is 11.9 Å². The van der Waals surface area contributed by atoms with Gasteiger partial charge in [-0.2, -0.15) is 8.78 Å². The number of carbonyl (C=O) groups is 1. The summed E-state index contributed by atoms with van der Waals surface area (Å²) in [5, 5.41) is 2.45. The van der Waals surface area contributed by atoms with Gasteiger partial charge in [-0.05, 0) is 24.3 Å². The minimum absolute atomic E-state index is 0.285. The van der Waals surface area contributed by atoms with E-state index >= 15 is 0 Å². The lowest BCUT2D eigenvalue weighted by Gasteiger charge is -2.10. The lowest BCUT2D eigenvalue weighted by atomic mass is 10.3. The van der Waals surface area contributed by atoms with Gasteiger partial charge in [0.15, 0.2) is 0 Å². The van der Waals surface area contributed by atoms with Gasteiger partial charge < -0.3 is 4.74 Å². The number of carbonyl (C=O) groups excluding carboxylic acids is 1. The number of nitrogens with one attached hydrogen (secondary N) is 1. The summed E-state index contributed by atoms with van der Waals surface area (Å²) in [7, 11) is 0. The molecule has 6 heteroatoms. The van der Waals surface area contributed by atoms with E-state index in [1.54, 1.807) is 42.5 Å². The highest BCUT2D eigenvalue weighted by atomic mass is 32.2. The molecule has 0 saturated carbocycles. The highest BCUT2D eigenvalue weighted by molar-refractivity contribution is 7.99. The molecule has 2 aromatic rings. The predicted molar refractivity (Wildman–Crippen MR) is 74.4 cm³/mol. The number of anilines is 1. The Kier molecular flexibility index (Phi) is 4.95. The van der Waals surface area contributed by atoms with Crippen LogP contribution >= 0.6 is 11.8 Å². The average molecular weight is 295 g/mol. The molecule has 0 atom stereocenters. The Morgan fingerprint density at radius 1 is 1.05 bits per heavy atom. The first-order valence-electron chi connectivity index (χ1n) is 5.73. The molecule has 0 bridgehead atoms. The van der Waals surface area contributed by atoms with Crippen molar-refractivity contribution in [3.05, 3.63) is 54.6 Å². The van der Waals surface area contributed by atoms with Gasteiger partial charge in [0.2, 0.25) is 0 Å². The molecule has 2 aromatic carbocycles. The summed E-state index contributed by atoms with van der Waals surface area (Å²) in [6, 6.07) is 14.8. The summed E-state index contributed by atoms with van der Waals surface area (Å²) in [6.45, 7) is 0. The molecular formula is C14H11F2NO2S. The molecule has 0 aliphatic heterocycles. The van der Waals surface area contributed by atoms with Crippen LogP contribution in [0.15, 0.2) is 59.5 Å². The maximum absolute atomic E-state index is 12.4. The predicted octanol–water partition coefficient (Wildman–Crippen LogP) is 4.61. The van der Waals surface area contributed by atoms with Crippen LogP contribution < -0.4 is 10.1 Å². The smallest absolute Gasteiger partial charge is 0.410 e. The number of thioether (sulfide) groups is 1. The largest absolute Gasteiger partial charge is 0.417 e. The zero-order chi connectivity index (χ0) is 14.4. The monoisotopic (exact) mass is 295 g/mol. The highest BCUT2D eigenvalue weighted by Gasteiger charge is 2.12. The molecule has 0 aliphatic carbocycles. The van der Waals surface area contributed by atoms with Gasteiger partial charge in [0.05, 0.1) is 5.69 Å². The molecule has 0 aromatic heterocycles. The first kappa shape index (κ1) is 14.3. The van der Waals surface area contributed by atoms with Gasteiger partial charge in [-0.1, -0.05) is 42.1 Å². The molecule has 0 aliphatic rings. The minimum Gasteiger partial charge on any atom is -0.410 e. The maximum Gasteiger partial charge on any atom is 0.417 e. The molecule has 0 unspecified atom stereocenters. The molecule has 104 valence electrons. The molecule has 2 rings (SSSR count). The van der Waals surface area contributed by atoms with E-state index in [9.17, 15) is 13.6 Å². The number of rotatable bonds is 4. The molecule has 1 N–H and O–H groups in total. The number of hydrogen-bond donors (Lipinski definition) is 1. The number of amides is 1. The standard InChI is InChI=1S/C14H11F2NO2S/c15-13(16)20-12-9-5-4-8-11(12)17-14(18)19-10-6-2-1-3-7-10/h1-9,13H,(H,17,18). The van der Waals surface area contributed by atoms with Crippen molar-refractivity contribution in [3.8, 4) is 5.75 Å². The van der Waals surface area contributed by atoms with Gasteiger partial charge in [0, 0.05) is 4.90 Å². The second kappa shape index (κ2) is 6.91. The number of benzene rings is 2. The van der Waals surface area contributed by atoms with E-state index in [1.165, 1.54) is 12.1 Å². The fourth-order valence-corrected chi connectivity index (χ4v) is 2.09. The lowest BCUT2D eigenvalue weighted by Crippen LogP contribution is -2.17. The first-order valence-corrected chi connectivity index (χ1v) is 6.61. The van der Waals surface area contributed by atoms with E-state index in [2.05, 4.69) is 5.32 Å². The number of halogens is 2. The van der Waals surface area contributed by atoms with Crippen molar-refractivity contribution in [2.75, 3.05) is 5.32 Å². The number of ether oxygens (including phenoxy) is 1. The van der Waals surface area contributed by atoms with Crippen LogP contribution in [0.2, 0.25) is 0 Å². The van der Waals surface area contributed by atoms with Gasteiger partial charge in [0.1, 0.15) is 5.75 Å². The highest BCUT2D eigenvalue weighted by Crippen LogP contribution is 2.31. The third-order valence-corrected chi connectivity index (χ3v) is 3.08. The van der Waals surface area contributed by atoms with Gasteiger partial charge in [-0.3, -0.25) is 5.32 Å². The lowest BCUT2D eigenvalue weighted by molar-refractivity contribution is 0.215. The number of para-hydroxylation sites is 2. The van der Waals surface area contributed by atoms with Crippen LogP contribution in [-0.2, 0) is 0 Å². The van der Waals surface area contributed by atoms with Gasteiger partial charge in [0.25, 0.3) is 5.76 Å². The molecule has 0 saturated heterocycles. The minimum atomic E-state index is -2.55. The van der Waals surface area contributed by atoms with E-state index in [-0.39, 0.29) is 4.90 Å². The van der Waals surface area contributed by atoms with Crippen LogP contribution in [0, 0.1) is 0 Å². The Labute approximate surface area is 118 Å². The van der Waals surface area contributed by atoms with Crippen molar-refractivity contribution in [1.82, 2.24) is 0 Å². The number of hydrogen-bond acceptors (Lipinski definition) is 3. The molecule has 1 amide bonds. The van der Waals surface area contributed by atoms with Crippen molar-refractivity contribution >= 4 is 23.5 Å². The van der Waals surface area contributed by atoms with Crippen LogP contribution in [0.25, 0.3) is 0 Å². The van der Waals surface area contributed by atoms with Crippen LogP contribution in [0.5, 0.6) is 5.75 Å². The first-order chi connectivity index (χ1) is 9.65. The van der Waals surface area contributed by atoms with Crippen molar-refractivity contribution in [1.29, 1.82) is 0 Å². The summed E-state index contributed by atoms with van der Waals surface area (Å²) in [5.74, 6) is -2.17. The van der Waals surface area contributed by atoms with E-state index in [4.69, 9.17) is 4.74 Å². The summed E-state index contributed by atoms with van der Waals surface area (Å²) >= 11 is 0.370. The summed E-state index contributed by atoms with van der Waals surface area (Å²) in [4.78, 5) is 12.0. The quantitative estimate of drug-likeness (QED) is 0.837. The summed E-state index contributed by atoms with van der Waals surface area (Å²) < 4.78 is 29.8. The van der Waals surface area contributed by atoms with E-state index in [1.807, 2.05) is 0 Å². The SMILES string of the molecule is O=C(Nc1ccccc1SC(F)F)Oc1ccccc1. The fourth-order valence-electron chi connectivity index (χ4n) is 1.50. The third-order valence-electron chi connectivity index (χ3n) is 2.29. The number of alkyl halides is 2. The van der Waals surface area contributed by atoms with Crippen molar-refractivity contribution < 1.29 is 18.3 Å². The van der Waals surface area contributed by atoms with E-state index in [0.717, 1.165) is 0 Å². The zero-order valence-corrected chi connectivity index (χ0v) is 11.1. The second-order valence-corrected chi connectivity index (χ2v) is 4.73. The van der Waals surface area contributed by atoms with Crippen LogP contribution in [0.4, 0.5) is 19.3 Å². The molecule has 0 radical (unpaired) electrons. The summed E-state index contributed by atoms with van der Waals surface area (Å²) in [5.41, 5.74) is 0.290. The zero-order valence-electron chi connectivity index (χ0n) is 10.3. The normalized spacial score (nSPS) is 10.3. The Balaban J connectivity index is 2.04. The van der Waals surface area contributed by atoms with Crippen molar-refractivity contribution in [2.24, 2.45) is 0 Å². The van der Waals surface area contributed by atoms with E-state index < -0.39 is 11.9 Å². The Morgan fingerprint density at radius 3 is 2.40 bits per heavy atom. The molecule has 0 heterocycles. The Hall–Kier alpha value is -2.08. The molecule has 20 heavy (non-hydrogen) atoms. The second-order valence-electron chi connectivity index (χ2n) is 3.70. The Morgan fingerprint density at radius 2 is 1.70 bits per heavy atom. The van der Waals surface area contributed by atoms with Crippen molar-refractivity contribution in [3.63, 3.8) is 0 Å². The summed E-state index contributed by atoms with van der Waals surface area (Å²) in [6.07, 6.45) is -0.724. The third kappa shape index (κ3) is 4.24.